The van der Waals surface area contributed by atoms with Gasteiger partial charge in [-0.3, -0.25) is 14.6 Å². The Morgan fingerprint density at radius 1 is 1.12 bits per heavy atom. The summed E-state index contributed by atoms with van der Waals surface area (Å²) in [7, 11) is 0. The molecule has 11 heteroatoms. The predicted molar refractivity (Wildman–Crippen MR) is 115 cm³/mol. The first-order valence-electron chi connectivity index (χ1n) is 9.20. The number of nitrogens with zero attached hydrogens (tertiary/aromatic N) is 3. The number of carbonyl (C=O) groups excluding carboxylic acids is 1. The number of hydrogen-bond donors (Lipinski definition) is 2. The van der Waals surface area contributed by atoms with Gasteiger partial charge in [-0.15, -0.1) is 0 Å². The number of nitrogens with one attached hydrogen (secondary N) is 2. The Morgan fingerprint density at radius 2 is 1.94 bits per heavy atom. The summed E-state index contributed by atoms with van der Waals surface area (Å²) in [6.45, 7) is 0.114. The smallest absolute Gasteiger partial charge is 0.318 e. The van der Waals surface area contributed by atoms with Gasteiger partial charge >= 0.3 is 6.18 Å². The number of alkyl halides is 3. The van der Waals surface area contributed by atoms with Crippen LogP contribution in [0.4, 0.5) is 18.9 Å². The van der Waals surface area contributed by atoms with E-state index in [2.05, 4.69) is 20.6 Å². The van der Waals surface area contributed by atoms with Crippen LogP contribution in [0.25, 0.3) is 11.3 Å². The van der Waals surface area contributed by atoms with Crippen molar-refractivity contribution in [1.29, 1.82) is 0 Å². The highest BCUT2D eigenvalue weighted by Crippen LogP contribution is 2.30. The van der Waals surface area contributed by atoms with Gasteiger partial charge in [0.25, 0.3) is 5.91 Å². The van der Waals surface area contributed by atoms with E-state index in [1.54, 1.807) is 24.3 Å². The molecule has 0 unspecified atom stereocenters. The van der Waals surface area contributed by atoms with Crippen LogP contribution in [0.5, 0.6) is 0 Å². The molecule has 0 aliphatic carbocycles. The van der Waals surface area contributed by atoms with Gasteiger partial charge in [0.05, 0.1) is 34.7 Å². The molecule has 0 spiro atoms. The number of aromatic amines is 1. The molecule has 6 nitrogen and oxygen atoms in total. The van der Waals surface area contributed by atoms with Gasteiger partial charge in [-0.2, -0.15) is 23.4 Å². The number of benzene rings is 2. The van der Waals surface area contributed by atoms with E-state index < -0.39 is 17.6 Å². The van der Waals surface area contributed by atoms with E-state index in [4.69, 9.17) is 23.2 Å². The Hall–Kier alpha value is -3.30. The van der Waals surface area contributed by atoms with Crippen LogP contribution in [-0.2, 0) is 12.7 Å². The van der Waals surface area contributed by atoms with Crippen molar-refractivity contribution in [2.75, 3.05) is 5.32 Å². The Labute approximate surface area is 190 Å². The third kappa shape index (κ3) is 4.95. The third-order valence-corrected chi connectivity index (χ3v) is 5.07. The molecule has 2 aromatic carbocycles. The number of hydrogen-bond acceptors (Lipinski definition) is 3. The zero-order valence-corrected chi connectivity index (χ0v) is 17.6. The lowest BCUT2D eigenvalue weighted by Gasteiger charge is -2.08. The predicted octanol–water partition coefficient (Wildman–Crippen LogP) is 5.90. The normalized spacial score (nSPS) is 11.5. The van der Waals surface area contributed by atoms with Crippen molar-refractivity contribution in [3.8, 4) is 11.3 Å². The van der Waals surface area contributed by atoms with Gasteiger partial charge in [-0.25, -0.2) is 0 Å². The summed E-state index contributed by atoms with van der Waals surface area (Å²) in [6, 6.07) is 11.5. The quantitative estimate of drug-likeness (QED) is 0.374. The molecule has 164 valence electrons. The van der Waals surface area contributed by atoms with Gasteiger partial charge in [0.1, 0.15) is 5.69 Å². The molecule has 32 heavy (non-hydrogen) atoms. The summed E-state index contributed by atoms with van der Waals surface area (Å²) in [5.41, 5.74) is 1.35. The monoisotopic (exact) mass is 479 g/mol. The second-order valence-corrected chi connectivity index (χ2v) is 7.71. The molecular weight excluding hydrogens is 466 g/mol. The molecule has 0 bridgehead atoms. The fourth-order valence-electron chi connectivity index (χ4n) is 3.02. The lowest BCUT2D eigenvalue weighted by Crippen LogP contribution is -2.12. The maximum Gasteiger partial charge on any atom is 0.416 e. The molecule has 2 aromatic heterocycles. The minimum atomic E-state index is -4.42. The van der Waals surface area contributed by atoms with E-state index in [9.17, 15) is 18.0 Å². The van der Waals surface area contributed by atoms with Crippen molar-refractivity contribution < 1.29 is 18.0 Å². The summed E-state index contributed by atoms with van der Waals surface area (Å²) in [6.07, 6.45) is -1.50. The highest BCUT2D eigenvalue weighted by Gasteiger charge is 2.30. The Bertz CT molecular complexity index is 1280. The number of H-pyrrole nitrogens is 1. The van der Waals surface area contributed by atoms with Gasteiger partial charge in [0.15, 0.2) is 0 Å². The molecule has 1 amide bonds. The second-order valence-electron chi connectivity index (χ2n) is 6.87. The summed E-state index contributed by atoms with van der Waals surface area (Å²) < 4.78 is 40.0. The Kier molecular flexibility index (Phi) is 5.94. The minimum Gasteiger partial charge on any atom is -0.318 e. The number of aromatic nitrogens is 4. The molecule has 2 heterocycles. The van der Waals surface area contributed by atoms with Gasteiger partial charge in [-0.1, -0.05) is 35.3 Å². The number of rotatable bonds is 5. The van der Waals surface area contributed by atoms with Crippen LogP contribution in [0.3, 0.4) is 0 Å². The van der Waals surface area contributed by atoms with E-state index in [1.807, 2.05) is 0 Å². The van der Waals surface area contributed by atoms with E-state index >= 15 is 0 Å². The average molecular weight is 480 g/mol. The molecule has 0 aliphatic heterocycles. The topological polar surface area (TPSA) is 75.6 Å². The van der Waals surface area contributed by atoms with Gasteiger partial charge < -0.3 is 5.32 Å². The highest BCUT2D eigenvalue weighted by atomic mass is 35.5. The van der Waals surface area contributed by atoms with Crippen molar-refractivity contribution in [3.05, 3.63) is 87.8 Å². The molecule has 4 aromatic rings. The van der Waals surface area contributed by atoms with Crippen molar-refractivity contribution in [3.63, 3.8) is 0 Å². The minimum absolute atomic E-state index is 0.114. The van der Waals surface area contributed by atoms with E-state index in [0.717, 1.165) is 12.1 Å². The van der Waals surface area contributed by atoms with Crippen molar-refractivity contribution in [1.82, 2.24) is 20.0 Å². The molecule has 0 saturated heterocycles. The molecule has 2 N–H and O–H groups in total. The largest absolute Gasteiger partial charge is 0.416 e. The van der Waals surface area contributed by atoms with Crippen molar-refractivity contribution in [2.24, 2.45) is 0 Å². The van der Waals surface area contributed by atoms with Crippen LogP contribution < -0.4 is 5.32 Å². The first-order valence-corrected chi connectivity index (χ1v) is 9.95. The first kappa shape index (κ1) is 21.9. The zero-order chi connectivity index (χ0) is 22.9. The Balaban J connectivity index is 1.44. The SMILES string of the molecule is O=C(Nc1cnn(Cc2cccc(C(F)(F)F)c2)c1)c1cc(-c2ccc(Cl)cc2Cl)n[nH]1. The van der Waals surface area contributed by atoms with Gasteiger partial charge in [-0.05, 0) is 42.0 Å². The molecule has 4 rings (SSSR count). The average Bonchev–Trinajstić information content (AvgIpc) is 3.37. The lowest BCUT2D eigenvalue weighted by atomic mass is 10.1. The van der Waals surface area contributed by atoms with Gasteiger partial charge in [0.2, 0.25) is 0 Å². The number of anilines is 1. The van der Waals surface area contributed by atoms with Gasteiger partial charge in [0, 0.05) is 16.8 Å². The zero-order valence-electron chi connectivity index (χ0n) is 16.1. The fourth-order valence-corrected chi connectivity index (χ4v) is 3.52. The standard InChI is InChI=1S/C21H14Cl2F3N5O/c22-14-4-5-16(17(23)7-14)18-8-19(30-29-18)20(32)28-15-9-27-31(11-15)10-12-2-1-3-13(6-12)21(24,25)26/h1-9,11H,10H2,(H,28,32)(H,29,30). The van der Waals surface area contributed by atoms with E-state index in [-0.39, 0.29) is 12.2 Å². The van der Waals surface area contributed by atoms with E-state index in [1.165, 1.54) is 29.2 Å². The summed E-state index contributed by atoms with van der Waals surface area (Å²) in [5.74, 6) is -0.465. The highest BCUT2D eigenvalue weighted by molar-refractivity contribution is 6.36. The fraction of sp³-hybridized carbons (Fsp3) is 0.0952. The van der Waals surface area contributed by atoms with Crippen molar-refractivity contribution in [2.45, 2.75) is 12.7 Å². The first-order chi connectivity index (χ1) is 15.2. The maximum absolute atomic E-state index is 12.9. The van der Waals surface area contributed by atoms with Crippen LogP contribution in [0.15, 0.2) is 60.9 Å². The molecule has 0 atom stereocenters. The summed E-state index contributed by atoms with van der Waals surface area (Å²) >= 11 is 12.1. The molecule has 0 aliphatic rings. The molecule has 0 saturated carbocycles. The number of amides is 1. The lowest BCUT2D eigenvalue weighted by molar-refractivity contribution is -0.137. The summed E-state index contributed by atoms with van der Waals surface area (Å²) in [4.78, 5) is 12.5. The Morgan fingerprint density at radius 3 is 2.69 bits per heavy atom. The molecule has 0 fully saturated rings. The van der Waals surface area contributed by atoms with Crippen LogP contribution >= 0.6 is 23.2 Å². The van der Waals surface area contributed by atoms with Crippen molar-refractivity contribution >= 4 is 34.8 Å². The van der Waals surface area contributed by atoms with Crippen LogP contribution in [0.2, 0.25) is 10.0 Å². The second kappa shape index (κ2) is 8.68. The molecular formula is C21H14Cl2F3N5O. The number of halogens is 5. The maximum atomic E-state index is 12.9. The third-order valence-electron chi connectivity index (χ3n) is 4.52. The summed E-state index contributed by atoms with van der Waals surface area (Å²) in [5, 5.41) is 14.4. The number of carbonyl (C=O) groups is 1. The van der Waals surface area contributed by atoms with E-state index in [0.29, 0.717) is 32.6 Å². The molecule has 0 radical (unpaired) electrons. The van der Waals surface area contributed by atoms with Crippen LogP contribution in [0.1, 0.15) is 21.6 Å². The van der Waals surface area contributed by atoms with Crippen LogP contribution in [0, 0.1) is 0 Å². The van der Waals surface area contributed by atoms with Crippen LogP contribution in [-0.4, -0.2) is 25.9 Å².